The SMILES string of the molecule is C[C@@H]1CCCN(CCOC(C)(C)C)[C@@H]1CO. The van der Waals surface area contributed by atoms with Gasteiger partial charge in [-0.05, 0) is 46.1 Å². The lowest BCUT2D eigenvalue weighted by atomic mass is 9.91. The van der Waals surface area contributed by atoms with E-state index in [1.807, 2.05) is 0 Å². The Morgan fingerprint density at radius 1 is 1.38 bits per heavy atom. The number of aliphatic hydroxyl groups is 1. The zero-order chi connectivity index (χ0) is 12.2. The maximum Gasteiger partial charge on any atom is 0.0600 e. The topological polar surface area (TPSA) is 32.7 Å². The van der Waals surface area contributed by atoms with E-state index in [0.29, 0.717) is 12.0 Å². The standard InChI is InChI=1S/C13H27NO2/c1-11-6-5-7-14(12(11)10-15)8-9-16-13(2,3)4/h11-12,15H,5-10H2,1-4H3/t11-,12-/m1/s1. The van der Waals surface area contributed by atoms with Crippen molar-refractivity contribution < 1.29 is 9.84 Å². The van der Waals surface area contributed by atoms with Crippen molar-refractivity contribution in [2.75, 3.05) is 26.3 Å². The second-order valence-corrected chi connectivity index (χ2v) is 5.87. The number of hydrogen-bond acceptors (Lipinski definition) is 3. The molecule has 1 N–H and O–H groups in total. The minimum atomic E-state index is -0.0594. The second-order valence-electron chi connectivity index (χ2n) is 5.87. The van der Waals surface area contributed by atoms with E-state index < -0.39 is 0 Å². The lowest BCUT2D eigenvalue weighted by Crippen LogP contribution is -2.48. The fourth-order valence-corrected chi connectivity index (χ4v) is 2.38. The summed E-state index contributed by atoms with van der Waals surface area (Å²) in [5, 5.41) is 9.41. The molecule has 0 aliphatic carbocycles. The smallest absolute Gasteiger partial charge is 0.0600 e. The zero-order valence-corrected chi connectivity index (χ0v) is 11.2. The first-order valence-electron chi connectivity index (χ1n) is 6.43. The number of rotatable bonds is 4. The first-order valence-corrected chi connectivity index (χ1v) is 6.43. The summed E-state index contributed by atoms with van der Waals surface area (Å²) in [5.41, 5.74) is -0.0594. The summed E-state index contributed by atoms with van der Waals surface area (Å²) in [6.45, 7) is 11.5. The van der Waals surface area contributed by atoms with Crippen LogP contribution in [0.15, 0.2) is 0 Å². The quantitative estimate of drug-likeness (QED) is 0.799. The summed E-state index contributed by atoms with van der Waals surface area (Å²) in [6.07, 6.45) is 2.48. The highest BCUT2D eigenvalue weighted by Crippen LogP contribution is 2.22. The van der Waals surface area contributed by atoms with Gasteiger partial charge in [-0.2, -0.15) is 0 Å². The summed E-state index contributed by atoms with van der Waals surface area (Å²) in [7, 11) is 0. The third-order valence-corrected chi connectivity index (χ3v) is 3.33. The van der Waals surface area contributed by atoms with E-state index in [-0.39, 0.29) is 12.2 Å². The van der Waals surface area contributed by atoms with Crippen molar-refractivity contribution in [2.45, 2.75) is 52.2 Å². The van der Waals surface area contributed by atoms with Crippen molar-refractivity contribution in [3.63, 3.8) is 0 Å². The molecule has 1 aliphatic heterocycles. The van der Waals surface area contributed by atoms with Crippen molar-refractivity contribution in [3.05, 3.63) is 0 Å². The van der Waals surface area contributed by atoms with Crippen LogP contribution in [0.1, 0.15) is 40.5 Å². The number of aliphatic hydroxyl groups excluding tert-OH is 1. The second kappa shape index (κ2) is 5.99. The molecule has 1 rings (SSSR count). The average Bonchev–Trinajstić information content (AvgIpc) is 2.16. The largest absolute Gasteiger partial charge is 0.395 e. The van der Waals surface area contributed by atoms with E-state index >= 15 is 0 Å². The Bertz CT molecular complexity index is 201. The Labute approximate surface area is 99.8 Å². The van der Waals surface area contributed by atoms with Crippen LogP contribution in [0.4, 0.5) is 0 Å². The molecule has 16 heavy (non-hydrogen) atoms. The Hall–Kier alpha value is -0.120. The Kier molecular flexibility index (Phi) is 5.22. The summed E-state index contributed by atoms with van der Waals surface area (Å²) < 4.78 is 5.74. The normalized spacial score (nSPS) is 28.3. The van der Waals surface area contributed by atoms with E-state index in [1.165, 1.54) is 12.8 Å². The van der Waals surface area contributed by atoms with E-state index in [9.17, 15) is 5.11 Å². The van der Waals surface area contributed by atoms with Gasteiger partial charge in [0.2, 0.25) is 0 Å². The maximum atomic E-state index is 9.41. The van der Waals surface area contributed by atoms with Gasteiger partial charge in [0.25, 0.3) is 0 Å². The molecule has 1 heterocycles. The predicted molar refractivity (Wildman–Crippen MR) is 66.5 cm³/mol. The lowest BCUT2D eigenvalue weighted by molar-refractivity contribution is -0.0316. The molecule has 0 aromatic carbocycles. The molecule has 3 heteroatoms. The molecule has 0 aromatic heterocycles. The molecule has 2 atom stereocenters. The van der Waals surface area contributed by atoms with E-state index in [1.54, 1.807) is 0 Å². The van der Waals surface area contributed by atoms with Gasteiger partial charge in [-0.15, -0.1) is 0 Å². The van der Waals surface area contributed by atoms with E-state index in [4.69, 9.17) is 4.74 Å². The monoisotopic (exact) mass is 229 g/mol. The van der Waals surface area contributed by atoms with Crippen molar-refractivity contribution >= 4 is 0 Å². The molecule has 0 aromatic rings. The number of ether oxygens (including phenoxy) is 1. The number of likely N-dealkylation sites (tertiary alicyclic amines) is 1. The number of hydrogen-bond donors (Lipinski definition) is 1. The lowest BCUT2D eigenvalue weighted by Gasteiger charge is -2.39. The number of piperidine rings is 1. The fourth-order valence-electron chi connectivity index (χ4n) is 2.38. The molecule has 0 spiro atoms. The third-order valence-electron chi connectivity index (χ3n) is 3.33. The van der Waals surface area contributed by atoms with Crippen LogP contribution >= 0.6 is 0 Å². The molecule has 0 bridgehead atoms. The molecule has 96 valence electrons. The van der Waals surface area contributed by atoms with Crippen LogP contribution in [0.5, 0.6) is 0 Å². The predicted octanol–water partition coefficient (Wildman–Crippen LogP) is 1.89. The van der Waals surface area contributed by atoms with Gasteiger partial charge in [-0.1, -0.05) is 6.92 Å². The van der Waals surface area contributed by atoms with Crippen LogP contribution in [0.25, 0.3) is 0 Å². The molecule has 0 saturated carbocycles. The highest BCUT2D eigenvalue weighted by Gasteiger charge is 2.27. The first kappa shape index (κ1) is 13.9. The minimum Gasteiger partial charge on any atom is -0.395 e. The van der Waals surface area contributed by atoms with Gasteiger partial charge in [0.1, 0.15) is 0 Å². The van der Waals surface area contributed by atoms with Crippen molar-refractivity contribution in [2.24, 2.45) is 5.92 Å². The fraction of sp³-hybridized carbons (Fsp3) is 1.00. The third kappa shape index (κ3) is 4.40. The van der Waals surface area contributed by atoms with Crippen LogP contribution in [0, 0.1) is 5.92 Å². The van der Waals surface area contributed by atoms with Crippen molar-refractivity contribution in [3.8, 4) is 0 Å². The molecule has 0 amide bonds. The summed E-state index contributed by atoms with van der Waals surface area (Å²) >= 11 is 0. The zero-order valence-electron chi connectivity index (χ0n) is 11.2. The highest BCUT2D eigenvalue weighted by atomic mass is 16.5. The van der Waals surface area contributed by atoms with Gasteiger partial charge in [0.05, 0.1) is 18.8 Å². The van der Waals surface area contributed by atoms with Crippen LogP contribution in [-0.4, -0.2) is 48.0 Å². The van der Waals surface area contributed by atoms with Gasteiger partial charge >= 0.3 is 0 Å². The molecule has 1 saturated heterocycles. The molecular formula is C13H27NO2. The van der Waals surface area contributed by atoms with Crippen LogP contribution in [0.2, 0.25) is 0 Å². The van der Waals surface area contributed by atoms with Gasteiger partial charge < -0.3 is 9.84 Å². The average molecular weight is 229 g/mol. The van der Waals surface area contributed by atoms with Crippen molar-refractivity contribution in [1.29, 1.82) is 0 Å². The van der Waals surface area contributed by atoms with Gasteiger partial charge in [-0.3, -0.25) is 4.90 Å². The maximum absolute atomic E-state index is 9.41. The van der Waals surface area contributed by atoms with Crippen LogP contribution in [-0.2, 0) is 4.74 Å². The summed E-state index contributed by atoms with van der Waals surface area (Å²) in [6, 6.07) is 0.331. The Morgan fingerprint density at radius 2 is 2.06 bits per heavy atom. The van der Waals surface area contributed by atoms with E-state index in [0.717, 1.165) is 19.7 Å². The van der Waals surface area contributed by atoms with Crippen LogP contribution < -0.4 is 0 Å². The van der Waals surface area contributed by atoms with Gasteiger partial charge in [0.15, 0.2) is 0 Å². The number of nitrogens with zero attached hydrogens (tertiary/aromatic N) is 1. The Balaban J connectivity index is 2.34. The van der Waals surface area contributed by atoms with E-state index in [2.05, 4.69) is 32.6 Å². The van der Waals surface area contributed by atoms with Crippen LogP contribution in [0.3, 0.4) is 0 Å². The molecule has 3 nitrogen and oxygen atoms in total. The molecule has 0 unspecified atom stereocenters. The van der Waals surface area contributed by atoms with Gasteiger partial charge in [-0.25, -0.2) is 0 Å². The molecule has 1 fully saturated rings. The highest BCUT2D eigenvalue weighted by molar-refractivity contribution is 4.81. The van der Waals surface area contributed by atoms with Crippen molar-refractivity contribution in [1.82, 2.24) is 4.90 Å². The first-order chi connectivity index (χ1) is 7.44. The summed E-state index contributed by atoms with van der Waals surface area (Å²) in [4.78, 5) is 2.37. The molecule has 0 radical (unpaired) electrons. The van der Waals surface area contributed by atoms with Gasteiger partial charge in [0, 0.05) is 12.6 Å². The minimum absolute atomic E-state index is 0.0594. The molecular weight excluding hydrogens is 202 g/mol. The summed E-state index contributed by atoms with van der Waals surface area (Å²) in [5.74, 6) is 0.605. The Morgan fingerprint density at radius 3 is 2.62 bits per heavy atom. The molecule has 1 aliphatic rings.